The lowest BCUT2D eigenvalue weighted by Gasteiger charge is -2.33. The minimum absolute atomic E-state index is 0.243. The van der Waals surface area contributed by atoms with Crippen LogP contribution in [0, 0.1) is 0 Å². The molecule has 0 aliphatic heterocycles. The number of unbranched alkanes of at least 4 members (excludes halogenated alkanes) is 3. The normalized spacial score (nSPS) is 11.3. The van der Waals surface area contributed by atoms with Crippen molar-refractivity contribution in [1.29, 1.82) is 0 Å². The third-order valence-corrected chi connectivity index (χ3v) is 3.44. The van der Waals surface area contributed by atoms with E-state index in [1.54, 1.807) is 0 Å². The van der Waals surface area contributed by atoms with Crippen LogP contribution < -0.4 is 0 Å². The summed E-state index contributed by atoms with van der Waals surface area (Å²) in [4.78, 5) is 11.6. The minimum atomic E-state index is -0.265. The van der Waals surface area contributed by atoms with Crippen molar-refractivity contribution in [1.82, 2.24) is 0 Å². The van der Waals surface area contributed by atoms with E-state index in [0.717, 1.165) is 57.8 Å². The van der Waals surface area contributed by atoms with Gasteiger partial charge in [0.15, 0.2) is 0 Å². The molecule has 0 fully saturated rings. The summed E-state index contributed by atoms with van der Waals surface area (Å²) in [6, 6.07) is 0. The number of ether oxygens (including phenoxy) is 1. The molecule has 0 aromatic heterocycles. The van der Waals surface area contributed by atoms with Crippen LogP contribution in [0.5, 0.6) is 0 Å². The number of rotatable bonds is 11. The minimum Gasteiger partial charge on any atom is -0.456 e. The molecule has 0 unspecified atom stereocenters. The Kier molecular flexibility index (Phi) is 9.72. The Balaban J connectivity index is 4.71. The molecule has 0 heterocycles. The quantitative estimate of drug-likeness (QED) is 0.382. The number of hydrogen-bond acceptors (Lipinski definition) is 2. The topological polar surface area (TPSA) is 26.3 Å². The highest BCUT2D eigenvalue weighted by atomic mass is 16.6. The van der Waals surface area contributed by atoms with E-state index in [1.165, 1.54) is 6.08 Å². The van der Waals surface area contributed by atoms with Gasteiger partial charge in [-0.1, -0.05) is 46.6 Å². The summed E-state index contributed by atoms with van der Waals surface area (Å²) in [5.41, 5.74) is -0.243. The van der Waals surface area contributed by atoms with Gasteiger partial charge in [0.1, 0.15) is 5.60 Å². The molecule has 18 heavy (non-hydrogen) atoms. The maximum atomic E-state index is 11.6. The van der Waals surface area contributed by atoms with E-state index in [9.17, 15) is 4.79 Å². The van der Waals surface area contributed by atoms with Crippen LogP contribution in [0.15, 0.2) is 12.7 Å². The molecule has 106 valence electrons. The van der Waals surface area contributed by atoms with Gasteiger partial charge in [-0.2, -0.15) is 0 Å². The average molecular weight is 254 g/mol. The first-order valence-electron chi connectivity index (χ1n) is 7.49. The zero-order valence-electron chi connectivity index (χ0n) is 12.5. The van der Waals surface area contributed by atoms with Crippen molar-refractivity contribution in [2.45, 2.75) is 84.2 Å². The summed E-state index contributed by atoms with van der Waals surface area (Å²) in [5.74, 6) is -0.265. The standard InChI is InChI=1S/C16H30O2/c1-5-9-12-16(13-10-6-2,14-11-7-3)18-15(17)8-4/h8H,4-7,9-14H2,1-3H3. The van der Waals surface area contributed by atoms with Crippen LogP contribution in [0.25, 0.3) is 0 Å². The largest absolute Gasteiger partial charge is 0.456 e. The predicted octanol–water partition coefficient (Wildman–Crippen LogP) is 5.03. The molecule has 0 aliphatic rings. The molecule has 0 amide bonds. The van der Waals surface area contributed by atoms with Crippen LogP contribution in [0.1, 0.15) is 78.6 Å². The summed E-state index contributed by atoms with van der Waals surface area (Å²) >= 11 is 0. The van der Waals surface area contributed by atoms with Gasteiger partial charge in [-0.15, -0.1) is 0 Å². The maximum Gasteiger partial charge on any atom is 0.330 e. The molecule has 2 nitrogen and oxygen atoms in total. The van der Waals surface area contributed by atoms with E-state index >= 15 is 0 Å². The fourth-order valence-corrected chi connectivity index (χ4v) is 2.28. The van der Waals surface area contributed by atoms with Crippen molar-refractivity contribution in [2.24, 2.45) is 0 Å². The summed E-state index contributed by atoms with van der Waals surface area (Å²) in [7, 11) is 0. The smallest absolute Gasteiger partial charge is 0.330 e. The SMILES string of the molecule is C=CC(=O)OC(CCCC)(CCCC)CCCC. The van der Waals surface area contributed by atoms with Crippen LogP contribution in [-0.4, -0.2) is 11.6 Å². The number of hydrogen-bond donors (Lipinski definition) is 0. The van der Waals surface area contributed by atoms with E-state index in [2.05, 4.69) is 27.4 Å². The summed E-state index contributed by atoms with van der Waals surface area (Å²) in [5, 5.41) is 0. The monoisotopic (exact) mass is 254 g/mol. The van der Waals surface area contributed by atoms with Crippen LogP contribution in [-0.2, 0) is 9.53 Å². The lowest BCUT2D eigenvalue weighted by atomic mass is 9.86. The zero-order valence-corrected chi connectivity index (χ0v) is 12.5. The molecule has 0 spiro atoms. The van der Waals surface area contributed by atoms with E-state index in [4.69, 9.17) is 4.74 Å². The lowest BCUT2D eigenvalue weighted by molar-refractivity contribution is -0.156. The highest BCUT2D eigenvalue weighted by Gasteiger charge is 2.31. The van der Waals surface area contributed by atoms with Gasteiger partial charge in [0.25, 0.3) is 0 Å². The van der Waals surface area contributed by atoms with E-state index in [1.807, 2.05) is 0 Å². The van der Waals surface area contributed by atoms with E-state index in [-0.39, 0.29) is 11.6 Å². The van der Waals surface area contributed by atoms with Crippen molar-refractivity contribution >= 4 is 5.97 Å². The summed E-state index contributed by atoms with van der Waals surface area (Å²) in [6.07, 6.45) is 11.1. The van der Waals surface area contributed by atoms with Crippen molar-refractivity contribution in [3.63, 3.8) is 0 Å². The first-order chi connectivity index (χ1) is 8.64. The third-order valence-electron chi connectivity index (χ3n) is 3.44. The average Bonchev–Trinajstić information content (AvgIpc) is 2.40. The zero-order chi connectivity index (χ0) is 13.9. The highest BCUT2D eigenvalue weighted by Crippen LogP contribution is 2.31. The molecule has 0 bridgehead atoms. The Bertz CT molecular complexity index is 211. The van der Waals surface area contributed by atoms with Crippen LogP contribution in [0.3, 0.4) is 0 Å². The van der Waals surface area contributed by atoms with Gasteiger partial charge in [-0.25, -0.2) is 4.79 Å². The second-order valence-corrected chi connectivity index (χ2v) is 5.12. The number of carbonyl (C=O) groups is 1. The maximum absolute atomic E-state index is 11.6. The molecular weight excluding hydrogens is 224 g/mol. The summed E-state index contributed by atoms with van der Waals surface area (Å²) < 4.78 is 5.74. The van der Waals surface area contributed by atoms with Crippen LogP contribution in [0.2, 0.25) is 0 Å². The van der Waals surface area contributed by atoms with Gasteiger partial charge in [-0.3, -0.25) is 0 Å². The molecule has 0 radical (unpaired) electrons. The molecule has 0 atom stereocenters. The second kappa shape index (κ2) is 10.2. The Morgan fingerprint density at radius 2 is 1.39 bits per heavy atom. The van der Waals surface area contributed by atoms with Crippen LogP contribution >= 0.6 is 0 Å². The predicted molar refractivity (Wildman–Crippen MR) is 77.6 cm³/mol. The third kappa shape index (κ3) is 6.83. The Labute approximate surface area is 113 Å². The van der Waals surface area contributed by atoms with Gasteiger partial charge in [0.2, 0.25) is 0 Å². The molecule has 0 rings (SSSR count). The molecule has 2 heteroatoms. The highest BCUT2D eigenvalue weighted by molar-refractivity contribution is 5.81. The fourth-order valence-electron chi connectivity index (χ4n) is 2.28. The van der Waals surface area contributed by atoms with Gasteiger partial charge in [0.05, 0.1) is 0 Å². The van der Waals surface area contributed by atoms with Crippen molar-refractivity contribution in [3.05, 3.63) is 12.7 Å². The first kappa shape index (κ1) is 17.2. The summed E-state index contributed by atoms with van der Waals surface area (Å²) in [6.45, 7) is 10.1. The molecule has 0 aliphatic carbocycles. The Morgan fingerprint density at radius 3 is 1.67 bits per heavy atom. The van der Waals surface area contributed by atoms with Crippen molar-refractivity contribution in [2.75, 3.05) is 0 Å². The van der Waals surface area contributed by atoms with Gasteiger partial charge in [0, 0.05) is 6.08 Å². The molecule has 0 N–H and O–H groups in total. The fraction of sp³-hybridized carbons (Fsp3) is 0.812. The van der Waals surface area contributed by atoms with Gasteiger partial charge >= 0.3 is 5.97 Å². The second-order valence-electron chi connectivity index (χ2n) is 5.12. The number of esters is 1. The molecule has 0 aromatic rings. The van der Waals surface area contributed by atoms with Gasteiger partial charge in [-0.05, 0) is 38.5 Å². The van der Waals surface area contributed by atoms with E-state index < -0.39 is 0 Å². The van der Waals surface area contributed by atoms with Crippen molar-refractivity contribution < 1.29 is 9.53 Å². The van der Waals surface area contributed by atoms with Crippen molar-refractivity contribution in [3.8, 4) is 0 Å². The lowest BCUT2D eigenvalue weighted by Crippen LogP contribution is -2.35. The Hall–Kier alpha value is -0.790. The molecule has 0 saturated carbocycles. The van der Waals surface area contributed by atoms with E-state index in [0.29, 0.717) is 0 Å². The molecular formula is C16H30O2. The number of carbonyl (C=O) groups excluding carboxylic acids is 1. The molecule has 0 aromatic carbocycles. The molecule has 0 saturated heterocycles. The van der Waals surface area contributed by atoms with Crippen LogP contribution in [0.4, 0.5) is 0 Å². The first-order valence-corrected chi connectivity index (χ1v) is 7.49. The Morgan fingerprint density at radius 1 is 1.00 bits per heavy atom. The van der Waals surface area contributed by atoms with Gasteiger partial charge < -0.3 is 4.74 Å².